The third kappa shape index (κ3) is 2.58. The standard InChI is InChI=1S/C17H20O6/c1-5-6-17(4,23-16(18)10(2)3)11-7-12-14(21-8-19-12)15-13(11)20-9-22-15/h7H,2,5-6,8-9H2,1,3-4H3. The molecule has 0 bridgehead atoms. The fourth-order valence-corrected chi connectivity index (χ4v) is 2.82. The molecule has 2 aliphatic heterocycles. The normalized spacial score (nSPS) is 16.8. The van der Waals surface area contributed by atoms with Crippen molar-refractivity contribution in [2.75, 3.05) is 13.6 Å². The molecular formula is C17H20O6. The van der Waals surface area contributed by atoms with E-state index in [0.717, 1.165) is 6.42 Å². The summed E-state index contributed by atoms with van der Waals surface area (Å²) in [6.07, 6.45) is 1.45. The number of benzene rings is 1. The first-order valence-electron chi connectivity index (χ1n) is 7.58. The molecule has 23 heavy (non-hydrogen) atoms. The fraction of sp³-hybridized carbons (Fsp3) is 0.471. The SMILES string of the molecule is C=C(C)C(=O)OC(C)(CCC)c1cc2c(c3c1OCO3)OCO2. The predicted molar refractivity (Wildman–Crippen MR) is 81.9 cm³/mol. The van der Waals surface area contributed by atoms with E-state index in [1.165, 1.54) is 0 Å². The number of fused-ring (bicyclic) bond motifs is 3. The van der Waals surface area contributed by atoms with Crippen molar-refractivity contribution in [3.05, 3.63) is 23.8 Å². The van der Waals surface area contributed by atoms with Crippen LogP contribution < -0.4 is 18.9 Å². The van der Waals surface area contributed by atoms with Gasteiger partial charge >= 0.3 is 5.97 Å². The second kappa shape index (κ2) is 5.68. The van der Waals surface area contributed by atoms with Crippen LogP contribution in [0.2, 0.25) is 0 Å². The summed E-state index contributed by atoms with van der Waals surface area (Å²) in [5, 5.41) is 0. The number of rotatable bonds is 5. The Bertz CT molecular complexity index is 666. The Hall–Kier alpha value is -2.37. The van der Waals surface area contributed by atoms with Crippen molar-refractivity contribution >= 4 is 5.97 Å². The molecule has 6 heteroatoms. The topological polar surface area (TPSA) is 63.2 Å². The number of hydrogen-bond donors (Lipinski definition) is 0. The van der Waals surface area contributed by atoms with E-state index >= 15 is 0 Å². The Balaban J connectivity index is 2.08. The molecule has 0 saturated carbocycles. The van der Waals surface area contributed by atoms with Gasteiger partial charge < -0.3 is 23.7 Å². The number of hydrogen-bond acceptors (Lipinski definition) is 6. The molecule has 124 valence electrons. The number of carbonyl (C=O) groups is 1. The van der Waals surface area contributed by atoms with Gasteiger partial charge in [0.2, 0.25) is 25.1 Å². The molecule has 0 aliphatic carbocycles. The number of carbonyl (C=O) groups excluding carboxylic acids is 1. The summed E-state index contributed by atoms with van der Waals surface area (Å²) >= 11 is 0. The van der Waals surface area contributed by atoms with Gasteiger partial charge in [0.1, 0.15) is 5.60 Å². The minimum Gasteiger partial charge on any atom is -0.453 e. The zero-order valence-corrected chi connectivity index (χ0v) is 13.6. The lowest BCUT2D eigenvalue weighted by molar-refractivity contribution is -0.155. The highest BCUT2D eigenvalue weighted by molar-refractivity contribution is 5.87. The van der Waals surface area contributed by atoms with E-state index in [9.17, 15) is 4.79 Å². The highest BCUT2D eigenvalue weighted by atomic mass is 16.7. The summed E-state index contributed by atoms with van der Waals surface area (Å²) < 4.78 is 27.8. The highest BCUT2D eigenvalue weighted by Gasteiger charge is 2.40. The maximum atomic E-state index is 12.1. The Labute approximate surface area is 134 Å². The van der Waals surface area contributed by atoms with E-state index in [-0.39, 0.29) is 13.6 Å². The van der Waals surface area contributed by atoms with Crippen LogP contribution in [0.15, 0.2) is 18.2 Å². The molecule has 0 radical (unpaired) electrons. The zero-order chi connectivity index (χ0) is 16.6. The Kier molecular flexibility index (Phi) is 3.83. The summed E-state index contributed by atoms with van der Waals surface area (Å²) in [4.78, 5) is 12.1. The molecule has 0 N–H and O–H groups in total. The third-order valence-corrected chi connectivity index (χ3v) is 3.94. The lowest BCUT2D eigenvalue weighted by atomic mass is 9.89. The molecule has 0 fully saturated rings. The van der Waals surface area contributed by atoms with Crippen LogP contribution in [-0.4, -0.2) is 19.6 Å². The second-order valence-electron chi connectivity index (χ2n) is 5.87. The van der Waals surface area contributed by atoms with Gasteiger partial charge in [0, 0.05) is 11.1 Å². The largest absolute Gasteiger partial charge is 0.453 e. The molecule has 0 spiro atoms. The van der Waals surface area contributed by atoms with Crippen LogP contribution >= 0.6 is 0 Å². The van der Waals surface area contributed by atoms with Crippen molar-refractivity contribution in [3.63, 3.8) is 0 Å². The lowest BCUT2D eigenvalue weighted by Crippen LogP contribution is -2.29. The Morgan fingerprint density at radius 3 is 2.57 bits per heavy atom. The summed E-state index contributed by atoms with van der Waals surface area (Å²) in [5.74, 6) is 1.71. The molecule has 0 saturated heterocycles. The smallest absolute Gasteiger partial charge is 0.333 e. The van der Waals surface area contributed by atoms with Gasteiger partial charge in [-0.1, -0.05) is 19.9 Å². The first kappa shape index (κ1) is 15.5. The van der Waals surface area contributed by atoms with E-state index in [4.69, 9.17) is 23.7 Å². The molecular weight excluding hydrogens is 300 g/mol. The van der Waals surface area contributed by atoms with Gasteiger partial charge in [-0.05, 0) is 26.3 Å². The molecule has 0 aromatic heterocycles. The van der Waals surface area contributed by atoms with E-state index in [2.05, 4.69) is 6.58 Å². The monoisotopic (exact) mass is 320 g/mol. The van der Waals surface area contributed by atoms with Crippen molar-refractivity contribution in [1.29, 1.82) is 0 Å². The van der Waals surface area contributed by atoms with Crippen LogP contribution in [0.3, 0.4) is 0 Å². The van der Waals surface area contributed by atoms with Gasteiger partial charge in [-0.2, -0.15) is 0 Å². The zero-order valence-electron chi connectivity index (χ0n) is 13.6. The van der Waals surface area contributed by atoms with Gasteiger partial charge in [-0.15, -0.1) is 0 Å². The van der Waals surface area contributed by atoms with E-state index in [1.807, 2.05) is 13.8 Å². The minimum absolute atomic E-state index is 0.0960. The molecule has 1 aromatic carbocycles. The van der Waals surface area contributed by atoms with Crippen LogP contribution in [-0.2, 0) is 15.1 Å². The fourth-order valence-electron chi connectivity index (χ4n) is 2.82. The quantitative estimate of drug-likeness (QED) is 0.613. The Morgan fingerprint density at radius 2 is 1.87 bits per heavy atom. The first-order valence-corrected chi connectivity index (χ1v) is 7.58. The average Bonchev–Trinajstić information content (AvgIpc) is 3.14. The van der Waals surface area contributed by atoms with Gasteiger partial charge in [0.25, 0.3) is 0 Å². The Morgan fingerprint density at radius 1 is 1.22 bits per heavy atom. The van der Waals surface area contributed by atoms with Crippen LogP contribution in [0.4, 0.5) is 0 Å². The summed E-state index contributed by atoms with van der Waals surface area (Å²) in [5.41, 5.74) is 0.191. The second-order valence-corrected chi connectivity index (χ2v) is 5.87. The van der Waals surface area contributed by atoms with E-state index < -0.39 is 11.6 Å². The summed E-state index contributed by atoms with van der Waals surface area (Å²) in [7, 11) is 0. The first-order chi connectivity index (χ1) is 11.0. The van der Waals surface area contributed by atoms with Crippen molar-refractivity contribution in [2.45, 2.75) is 39.2 Å². The maximum absolute atomic E-state index is 12.1. The summed E-state index contributed by atoms with van der Waals surface area (Å²) in [6.45, 7) is 9.38. The number of ether oxygens (including phenoxy) is 5. The predicted octanol–water partition coefficient (Wildman–Crippen LogP) is 3.28. The lowest BCUT2D eigenvalue weighted by Gasteiger charge is -2.31. The molecule has 1 aromatic rings. The number of esters is 1. The van der Waals surface area contributed by atoms with E-state index in [0.29, 0.717) is 40.6 Å². The summed E-state index contributed by atoms with van der Waals surface area (Å²) in [6, 6.07) is 1.80. The average molecular weight is 320 g/mol. The van der Waals surface area contributed by atoms with Crippen molar-refractivity contribution < 1.29 is 28.5 Å². The molecule has 3 rings (SSSR count). The van der Waals surface area contributed by atoms with Crippen LogP contribution in [0.1, 0.15) is 39.2 Å². The van der Waals surface area contributed by atoms with Gasteiger partial charge in [-0.25, -0.2) is 4.79 Å². The van der Waals surface area contributed by atoms with Gasteiger partial charge in [0.15, 0.2) is 11.5 Å². The minimum atomic E-state index is -0.871. The van der Waals surface area contributed by atoms with Gasteiger partial charge in [-0.3, -0.25) is 0 Å². The van der Waals surface area contributed by atoms with Crippen LogP contribution in [0, 0.1) is 0 Å². The molecule has 2 heterocycles. The molecule has 6 nitrogen and oxygen atoms in total. The molecule has 0 amide bonds. The van der Waals surface area contributed by atoms with Crippen molar-refractivity contribution in [3.8, 4) is 23.0 Å². The molecule has 1 unspecified atom stereocenters. The van der Waals surface area contributed by atoms with Crippen molar-refractivity contribution in [1.82, 2.24) is 0 Å². The molecule has 1 atom stereocenters. The maximum Gasteiger partial charge on any atom is 0.333 e. The van der Waals surface area contributed by atoms with Crippen LogP contribution in [0.5, 0.6) is 23.0 Å². The van der Waals surface area contributed by atoms with E-state index in [1.54, 1.807) is 13.0 Å². The van der Waals surface area contributed by atoms with Crippen molar-refractivity contribution in [2.24, 2.45) is 0 Å². The van der Waals surface area contributed by atoms with Crippen LogP contribution in [0.25, 0.3) is 0 Å². The molecule has 2 aliphatic rings. The highest BCUT2D eigenvalue weighted by Crippen LogP contribution is 2.54. The third-order valence-electron chi connectivity index (χ3n) is 3.94. The van der Waals surface area contributed by atoms with Gasteiger partial charge in [0.05, 0.1) is 0 Å².